The summed E-state index contributed by atoms with van der Waals surface area (Å²) in [6.07, 6.45) is 3.48. The van der Waals surface area contributed by atoms with Crippen LogP contribution in [0.5, 0.6) is 0 Å². The first-order valence-electron chi connectivity index (χ1n) is 6.05. The van der Waals surface area contributed by atoms with Crippen molar-refractivity contribution in [3.05, 3.63) is 0 Å². The number of hydrogen-bond donors (Lipinski definition) is 1. The lowest BCUT2D eigenvalue weighted by Gasteiger charge is -2.12. The number of rotatable bonds is 8. The van der Waals surface area contributed by atoms with Gasteiger partial charge in [0.05, 0.1) is 13.0 Å². The highest BCUT2D eigenvalue weighted by Crippen LogP contribution is 1.97. The predicted octanol–water partition coefficient (Wildman–Crippen LogP) is 2.02. The number of carbonyl (C=O) groups is 2. The molecular formula is C12H23NO3. The van der Waals surface area contributed by atoms with Gasteiger partial charge in [0.2, 0.25) is 5.91 Å². The summed E-state index contributed by atoms with van der Waals surface area (Å²) < 4.78 is 5.00. The molecule has 4 nitrogen and oxygen atoms in total. The van der Waals surface area contributed by atoms with Crippen LogP contribution in [0.15, 0.2) is 0 Å². The van der Waals surface area contributed by atoms with E-state index in [1.54, 1.807) is 0 Å². The maximum atomic E-state index is 11.3. The Morgan fingerprint density at radius 2 is 1.94 bits per heavy atom. The largest absolute Gasteiger partial charge is 0.466 e. The van der Waals surface area contributed by atoms with Crippen LogP contribution in [0.4, 0.5) is 0 Å². The molecule has 0 fully saturated rings. The minimum atomic E-state index is -0.238. The van der Waals surface area contributed by atoms with Crippen LogP contribution in [0.2, 0.25) is 0 Å². The fourth-order valence-electron chi connectivity index (χ4n) is 1.26. The second-order valence-electron chi connectivity index (χ2n) is 4.00. The molecule has 4 heteroatoms. The van der Waals surface area contributed by atoms with Crippen LogP contribution in [-0.4, -0.2) is 24.5 Å². The topological polar surface area (TPSA) is 55.4 Å². The molecule has 0 saturated carbocycles. The van der Waals surface area contributed by atoms with Gasteiger partial charge in [-0.05, 0) is 19.8 Å². The summed E-state index contributed by atoms with van der Waals surface area (Å²) in [6, 6.07) is -0.145. The van der Waals surface area contributed by atoms with Crippen LogP contribution in [0.3, 0.4) is 0 Å². The molecule has 0 rings (SSSR count). The monoisotopic (exact) mass is 229 g/mol. The molecule has 0 aliphatic rings. The van der Waals surface area contributed by atoms with E-state index >= 15 is 0 Å². The van der Waals surface area contributed by atoms with Gasteiger partial charge in [-0.25, -0.2) is 0 Å². The van der Waals surface area contributed by atoms with Gasteiger partial charge in [0, 0.05) is 12.5 Å². The molecule has 1 amide bonds. The second kappa shape index (κ2) is 9.19. The van der Waals surface area contributed by atoms with Crippen molar-refractivity contribution in [2.75, 3.05) is 6.61 Å². The molecule has 94 valence electrons. The zero-order valence-corrected chi connectivity index (χ0v) is 10.5. The van der Waals surface area contributed by atoms with Gasteiger partial charge < -0.3 is 10.1 Å². The van der Waals surface area contributed by atoms with Gasteiger partial charge in [-0.2, -0.15) is 0 Å². The number of carbonyl (C=O) groups excluding carboxylic acids is 2. The van der Waals surface area contributed by atoms with Gasteiger partial charge in [0.1, 0.15) is 0 Å². The summed E-state index contributed by atoms with van der Waals surface area (Å²) in [4.78, 5) is 22.5. The molecule has 0 spiro atoms. The number of unbranched alkanes of at least 4 members (excludes halogenated alkanes) is 1. The van der Waals surface area contributed by atoms with E-state index in [1.807, 2.05) is 20.8 Å². The number of nitrogens with one attached hydrogen (secondary N) is 1. The van der Waals surface area contributed by atoms with Crippen molar-refractivity contribution in [1.82, 2.24) is 5.32 Å². The normalized spacial score (nSPS) is 11.9. The molecule has 1 atom stereocenters. The van der Waals surface area contributed by atoms with Crippen LogP contribution < -0.4 is 5.32 Å². The molecule has 0 saturated heterocycles. The quantitative estimate of drug-likeness (QED) is 0.512. The summed E-state index contributed by atoms with van der Waals surface area (Å²) in [7, 11) is 0. The fraction of sp³-hybridized carbons (Fsp3) is 0.833. The second-order valence-corrected chi connectivity index (χ2v) is 4.00. The Labute approximate surface area is 97.7 Å². The van der Waals surface area contributed by atoms with Gasteiger partial charge in [-0.3, -0.25) is 9.59 Å². The molecule has 1 N–H and O–H groups in total. The lowest BCUT2D eigenvalue weighted by atomic mass is 10.2. The minimum Gasteiger partial charge on any atom is -0.466 e. The molecule has 0 aromatic rings. The maximum absolute atomic E-state index is 11.3. The van der Waals surface area contributed by atoms with Crippen molar-refractivity contribution in [1.29, 1.82) is 0 Å². The van der Waals surface area contributed by atoms with E-state index in [4.69, 9.17) is 4.74 Å². The average Bonchev–Trinajstić information content (AvgIpc) is 2.17. The molecule has 0 aromatic heterocycles. The Balaban J connectivity index is 3.65. The zero-order chi connectivity index (χ0) is 12.4. The Kier molecular flexibility index (Phi) is 8.58. The summed E-state index contributed by atoms with van der Waals surface area (Å²) in [6.45, 7) is 6.28. The molecule has 0 bridgehead atoms. The molecule has 16 heavy (non-hydrogen) atoms. The van der Waals surface area contributed by atoms with Crippen LogP contribution >= 0.6 is 0 Å². The van der Waals surface area contributed by atoms with Crippen molar-refractivity contribution in [3.63, 3.8) is 0 Å². The Morgan fingerprint density at radius 1 is 1.25 bits per heavy atom. The molecule has 0 aliphatic carbocycles. The number of esters is 1. The van der Waals surface area contributed by atoms with Crippen molar-refractivity contribution >= 4 is 11.9 Å². The average molecular weight is 229 g/mol. The molecular weight excluding hydrogens is 206 g/mol. The first kappa shape index (κ1) is 14.9. The lowest BCUT2D eigenvalue weighted by molar-refractivity contribution is -0.144. The summed E-state index contributed by atoms with van der Waals surface area (Å²) in [5.74, 6) is -0.242. The molecule has 0 unspecified atom stereocenters. The summed E-state index contributed by atoms with van der Waals surface area (Å²) >= 11 is 0. The van der Waals surface area contributed by atoms with Gasteiger partial charge in [-0.15, -0.1) is 0 Å². The smallest absolute Gasteiger partial charge is 0.307 e. The van der Waals surface area contributed by atoms with E-state index in [0.717, 1.165) is 19.3 Å². The van der Waals surface area contributed by atoms with E-state index in [9.17, 15) is 9.59 Å². The Bertz CT molecular complexity index is 216. The molecule has 0 aliphatic heterocycles. The van der Waals surface area contributed by atoms with Gasteiger partial charge in [-0.1, -0.05) is 20.3 Å². The van der Waals surface area contributed by atoms with E-state index < -0.39 is 0 Å². The van der Waals surface area contributed by atoms with Gasteiger partial charge >= 0.3 is 5.97 Å². The predicted molar refractivity (Wildman–Crippen MR) is 63.0 cm³/mol. The van der Waals surface area contributed by atoms with Crippen LogP contribution in [0.25, 0.3) is 0 Å². The highest BCUT2D eigenvalue weighted by atomic mass is 16.5. The van der Waals surface area contributed by atoms with Crippen molar-refractivity contribution in [2.45, 2.75) is 58.9 Å². The number of hydrogen-bond acceptors (Lipinski definition) is 3. The van der Waals surface area contributed by atoms with Crippen molar-refractivity contribution in [2.24, 2.45) is 0 Å². The van der Waals surface area contributed by atoms with Crippen LogP contribution in [0.1, 0.15) is 52.9 Å². The first-order valence-corrected chi connectivity index (χ1v) is 6.05. The number of ether oxygens (including phenoxy) is 1. The van der Waals surface area contributed by atoms with E-state index in [1.165, 1.54) is 0 Å². The van der Waals surface area contributed by atoms with E-state index in [2.05, 4.69) is 5.32 Å². The van der Waals surface area contributed by atoms with Crippen molar-refractivity contribution < 1.29 is 14.3 Å². The first-order chi connectivity index (χ1) is 7.60. The third-order valence-electron chi connectivity index (χ3n) is 2.12. The summed E-state index contributed by atoms with van der Waals surface area (Å²) in [5, 5.41) is 2.76. The van der Waals surface area contributed by atoms with Gasteiger partial charge in [0.25, 0.3) is 0 Å². The highest BCUT2D eigenvalue weighted by Gasteiger charge is 2.11. The molecule has 0 heterocycles. The maximum Gasteiger partial charge on any atom is 0.307 e. The van der Waals surface area contributed by atoms with Crippen LogP contribution in [-0.2, 0) is 14.3 Å². The molecule has 0 radical (unpaired) electrons. The van der Waals surface area contributed by atoms with E-state index in [-0.39, 0.29) is 24.3 Å². The van der Waals surface area contributed by atoms with E-state index in [0.29, 0.717) is 13.0 Å². The van der Waals surface area contributed by atoms with Gasteiger partial charge in [0.15, 0.2) is 0 Å². The number of amides is 1. The Hall–Kier alpha value is -1.06. The van der Waals surface area contributed by atoms with Crippen molar-refractivity contribution in [3.8, 4) is 0 Å². The van der Waals surface area contributed by atoms with Crippen LogP contribution in [0, 0.1) is 0 Å². The third kappa shape index (κ3) is 8.26. The fourth-order valence-corrected chi connectivity index (χ4v) is 1.26. The lowest BCUT2D eigenvalue weighted by Crippen LogP contribution is -2.34. The highest BCUT2D eigenvalue weighted by molar-refractivity contribution is 5.77. The standard InChI is InChI=1S/C12H23NO3/c1-4-6-8-16-12(15)9-10(3)13-11(14)7-5-2/h10H,4-9H2,1-3H3,(H,13,14)/t10-/m1/s1. The minimum absolute atomic E-state index is 0.00337. The molecule has 0 aromatic carbocycles. The zero-order valence-electron chi connectivity index (χ0n) is 10.5. The SMILES string of the molecule is CCCCOC(=O)C[C@@H](C)NC(=O)CCC. The Morgan fingerprint density at radius 3 is 2.50 bits per heavy atom. The summed E-state index contributed by atoms with van der Waals surface area (Å²) in [5.41, 5.74) is 0. The third-order valence-corrected chi connectivity index (χ3v) is 2.12.